The van der Waals surface area contributed by atoms with Crippen LogP contribution in [-0.4, -0.2) is 6.71 Å². The average Bonchev–Trinajstić information content (AvgIpc) is 3.02. The second-order valence-electron chi connectivity index (χ2n) is 19.5. The van der Waals surface area contributed by atoms with Crippen molar-refractivity contribution in [2.75, 3.05) is 9.80 Å². The van der Waals surface area contributed by atoms with Crippen molar-refractivity contribution in [1.29, 1.82) is 0 Å². The number of hydrogen-bond donors (Lipinski definition) is 0. The van der Waals surface area contributed by atoms with Gasteiger partial charge in [-0.05, 0) is 123 Å². The summed E-state index contributed by atoms with van der Waals surface area (Å²) in [5, 5.41) is 0. The second-order valence-corrected chi connectivity index (χ2v) is 19.5. The molecule has 0 radical (unpaired) electrons. The van der Waals surface area contributed by atoms with E-state index >= 15 is 0 Å². The number of aryl methyl sites for hydroxylation is 2. The van der Waals surface area contributed by atoms with E-state index < -0.39 is 0 Å². The van der Waals surface area contributed by atoms with Gasteiger partial charge < -0.3 is 9.80 Å². The summed E-state index contributed by atoms with van der Waals surface area (Å²) < 4.78 is 0. The Balaban J connectivity index is 1.58. The molecule has 2 aliphatic rings. The van der Waals surface area contributed by atoms with Gasteiger partial charge in [0.1, 0.15) is 0 Å². The van der Waals surface area contributed by atoms with Crippen LogP contribution in [0.2, 0.25) is 0 Å². The lowest BCUT2D eigenvalue weighted by molar-refractivity contribution is 0.568. The van der Waals surface area contributed by atoms with Crippen molar-refractivity contribution in [2.45, 2.75) is 119 Å². The first-order valence-corrected chi connectivity index (χ1v) is 18.9. The Morgan fingerprint density at radius 2 is 0.725 bits per heavy atom. The molecule has 7 rings (SSSR count). The highest BCUT2D eigenvalue weighted by Gasteiger charge is 2.43. The molecule has 5 aromatic rings. The Labute approximate surface area is 309 Å². The van der Waals surface area contributed by atoms with Crippen molar-refractivity contribution in [2.24, 2.45) is 0 Å². The van der Waals surface area contributed by atoms with E-state index in [2.05, 4.69) is 198 Å². The third-order valence-corrected chi connectivity index (χ3v) is 11.1. The Bertz CT molecular complexity index is 1960. The van der Waals surface area contributed by atoms with Crippen molar-refractivity contribution < 1.29 is 0 Å². The summed E-state index contributed by atoms with van der Waals surface area (Å²) in [7, 11) is 0. The molecule has 0 bridgehead atoms. The standard InChI is InChI=1S/C48H57BN2/c1-30-18-20-40-38(22-30)49-39-23-31(2)19-21-41(39)51(37-28-34(47(9,10)11)25-35(29-37)48(12,13)14)43-17-15-16-42(44(43)49)50(40)36-26-32(45(3,4)5)24-33(27-36)46(6,7)8/h15-29H,1-14H3. The van der Waals surface area contributed by atoms with E-state index in [4.69, 9.17) is 0 Å². The number of nitrogens with zero attached hydrogens (tertiary/aromatic N) is 2. The minimum atomic E-state index is 0.0106. The van der Waals surface area contributed by atoms with Crippen LogP contribution in [0.3, 0.4) is 0 Å². The fourth-order valence-electron chi connectivity index (χ4n) is 7.95. The topological polar surface area (TPSA) is 6.48 Å². The molecule has 5 aromatic carbocycles. The lowest BCUT2D eigenvalue weighted by Gasteiger charge is -2.45. The molecule has 2 nitrogen and oxygen atoms in total. The van der Waals surface area contributed by atoms with Crippen LogP contribution >= 0.6 is 0 Å². The zero-order chi connectivity index (χ0) is 37.0. The predicted molar refractivity (Wildman–Crippen MR) is 225 cm³/mol. The van der Waals surface area contributed by atoms with E-state index in [1.54, 1.807) is 0 Å². The molecule has 0 aliphatic carbocycles. The smallest absolute Gasteiger partial charge is 0.252 e. The number of anilines is 6. The third-order valence-electron chi connectivity index (χ3n) is 11.1. The van der Waals surface area contributed by atoms with Gasteiger partial charge in [-0.25, -0.2) is 0 Å². The second kappa shape index (κ2) is 11.6. The molecular formula is C48H57BN2. The molecular weight excluding hydrogens is 615 g/mol. The normalized spacial score (nSPS) is 14.4. The van der Waals surface area contributed by atoms with Crippen LogP contribution in [0.15, 0.2) is 91.0 Å². The van der Waals surface area contributed by atoms with Gasteiger partial charge in [0, 0.05) is 34.1 Å². The van der Waals surface area contributed by atoms with E-state index in [1.807, 2.05) is 0 Å². The summed E-state index contributed by atoms with van der Waals surface area (Å²) in [6.07, 6.45) is 0. The molecule has 0 aromatic heterocycles. The summed E-state index contributed by atoms with van der Waals surface area (Å²) >= 11 is 0. The Hall–Kier alpha value is -4.24. The van der Waals surface area contributed by atoms with Gasteiger partial charge in [-0.3, -0.25) is 0 Å². The molecule has 0 saturated heterocycles. The zero-order valence-corrected chi connectivity index (χ0v) is 33.6. The Morgan fingerprint density at radius 3 is 1.04 bits per heavy atom. The van der Waals surface area contributed by atoms with E-state index in [9.17, 15) is 0 Å². The van der Waals surface area contributed by atoms with Crippen molar-refractivity contribution in [3.05, 3.63) is 124 Å². The van der Waals surface area contributed by atoms with Crippen LogP contribution < -0.4 is 26.2 Å². The molecule has 51 heavy (non-hydrogen) atoms. The minimum Gasteiger partial charge on any atom is -0.311 e. The molecule has 2 aliphatic heterocycles. The van der Waals surface area contributed by atoms with Gasteiger partial charge in [-0.15, -0.1) is 0 Å². The maximum Gasteiger partial charge on any atom is 0.252 e. The molecule has 0 unspecified atom stereocenters. The summed E-state index contributed by atoms with van der Waals surface area (Å²) in [6.45, 7) is 32.6. The lowest BCUT2D eigenvalue weighted by Crippen LogP contribution is -2.61. The Morgan fingerprint density at radius 1 is 0.392 bits per heavy atom. The molecule has 3 heteroatoms. The van der Waals surface area contributed by atoms with Crippen molar-refractivity contribution >= 4 is 57.2 Å². The van der Waals surface area contributed by atoms with E-state index in [-0.39, 0.29) is 28.4 Å². The summed E-state index contributed by atoms with van der Waals surface area (Å²) in [5.74, 6) is 0. The molecule has 0 spiro atoms. The molecule has 2 heterocycles. The van der Waals surface area contributed by atoms with Gasteiger partial charge in [0.05, 0.1) is 0 Å². The fourth-order valence-corrected chi connectivity index (χ4v) is 7.95. The lowest BCUT2D eigenvalue weighted by atomic mass is 9.33. The molecule has 0 N–H and O–H groups in total. The number of benzene rings is 5. The highest BCUT2D eigenvalue weighted by Crippen LogP contribution is 2.46. The third kappa shape index (κ3) is 6.11. The van der Waals surface area contributed by atoms with Crippen LogP contribution in [-0.2, 0) is 21.7 Å². The van der Waals surface area contributed by atoms with Crippen molar-refractivity contribution in [3.8, 4) is 0 Å². The highest BCUT2D eigenvalue weighted by atomic mass is 15.2. The maximum atomic E-state index is 2.57. The first-order chi connectivity index (χ1) is 23.6. The van der Waals surface area contributed by atoms with Crippen LogP contribution in [0, 0.1) is 13.8 Å². The maximum absolute atomic E-state index is 2.57. The summed E-state index contributed by atoms with van der Waals surface area (Å²) in [5.41, 5.74) is 19.7. The number of rotatable bonds is 2. The monoisotopic (exact) mass is 672 g/mol. The first-order valence-electron chi connectivity index (χ1n) is 18.9. The van der Waals surface area contributed by atoms with Crippen molar-refractivity contribution in [3.63, 3.8) is 0 Å². The largest absolute Gasteiger partial charge is 0.311 e. The fraction of sp³-hybridized carbons (Fsp3) is 0.375. The van der Waals surface area contributed by atoms with Crippen LogP contribution in [0.25, 0.3) is 0 Å². The average molecular weight is 673 g/mol. The predicted octanol–water partition coefficient (Wildman–Crippen LogP) is 11.6. The van der Waals surface area contributed by atoms with Gasteiger partial charge in [0.15, 0.2) is 0 Å². The Kier molecular flexibility index (Phi) is 8.03. The quantitative estimate of drug-likeness (QED) is 0.169. The van der Waals surface area contributed by atoms with Gasteiger partial charge in [0.2, 0.25) is 0 Å². The minimum absolute atomic E-state index is 0.0106. The molecule has 262 valence electrons. The molecule has 0 saturated carbocycles. The summed E-state index contributed by atoms with van der Waals surface area (Å²) in [4.78, 5) is 5.14. The SMILES string of the molecule is Cc1ccc2c(c1)B1c3cc(C)ccc3N(c3cc(C(C)(C)C)cc(C(C)(C)C)c3)c3cccc(c31)N2c1cc(C(C)(C)C)cc(C(C)(C)C)c1. The highest BCUT2D eigenvalue weighted by molar-refractivity contribution is 7.00. The number of fused-ring (bicyclic) bond motifs is 4. The zero-order valence-electron chi connectivity index (χ0n) is 33.6. The van der Waals surface area contributed by atoms with Crippen molar-refractivity contribution in [1.82, 2.24) is 0 Å². The molecule has 0 fully saturated rings. The summed E-state index contributed by atoms with van der Waals surface area (Å²) in [6, 6.07) is 35.9. The molecule has 0 amide bonds. The van der Waals surface area contributed by atoms with Crippen LogP contribution in [0.5, 0.6) is 0 Å². The van der Waals surface area contributed by atoms with Crippen LogP contribution in [0.4, 0.5) is 34.1 Å². The van der Waals surface area contributed by atoms with Gasteiger partial charge in [-0.1, -0.05) is 137 Å². The molecule has 0 atom stereocenters. The van der Waals surface area contributed by atoms with E-state index in [1.165, 1.54) is 83.9 Å². The van der Waals surface area contributed by atoms with Gasteiger partial charge in [0.25, 0.3) is 6.71 Å². The van der Waals surface area contributed by atoms with Gasteiger partial charge in [-0.2, -0.15) is 0 Å². The van der Waals surface area contributed by atoms with E-state index in [0.717, 1.165) is 0 Å². The van der Waals surface area contributed by atoms with Crippen LogP contribution in [0.1, 0.15) is 116 Å². The first kappa shape index (κ1) is 35.2. The van der Waals surface area contributed by atoms with E-state index in [0.29, 0.717) is 0 Å². The van der Waals surface area contributed by atoms with Gasteiger partial charge >= 0.3 is 0 Å². The number of hydrogen-bond acceptors (Lipinski definition) is 2.